The van der Waals surface area contributed by atoms with E-state index >= 15 is 0 Å². The lowest BCUT2D eigenvalue weighted by atomic mass is 9.91. The molecule has 0 aliphatic carbocycles. The molecule has 13 heteroatoms. The van der Waals surface area contributed by atoms with Gasteiger partial charge in [-0.1, -0.05) is 0 Å². The number of sulfone groups is 1. The molecule has 36 heavy (non-hydrogen) atoms. The number of pyridine rings is 1. The van der Waals surface area contributed by atoms with Crippen LogP contribution in [0.5, 0.6) is 0 Å². The number of nitrogens with one attached hydrogen (secondary N) is 1. The summed E-state index contributed by atoms with van der Waals surface area (Å²) in [5.74, 6) is 1.64. The van der Waals surface area contributed by atoms with Crippen molar-refractivity contribution >= 4 is 38.2 Å². The Labute approximate surface area is 208 Å². The quantitative estimate of drug-likeness (QED) is 0.397. The van der Waals surface area contributed by atoms with Crippen LogP contribution < -0.4 is 10.2 Å². The second-order valence-electron chi connectivity index (χ2n) is 9.59. The molecule has 11 nitrogen and oxygen atoms in total. The summed E-state index contributed by atoms with van der Waals surface area (Å²) in [6, 6.07) is 3.73. The van der Waals surface area contributed by atoms with Gasteiger partial charge in [-0.05, 0) is 26.8 Å². The molecule has 5 rings (SSSR count). The maximum atomic E-state index is 14.1. The zero-order chi connectivity index (χ0) is 25.8. The molecule has 0 aromatic carbocycles. The molecule has 0 amide bonds. The SMILES string of the molecule is CC(C)n1nc(N2C[C@H](CS(C)(=O)=O)[C@H]2C)c2cnc(Nc3ccnc(-c4cn(C)nc4F)n3)cc21. The molecular weight excluding hydrogens is 485 g/mol. The number of hydrogen-bond donors (Lipinski definition) is 1. The number of halogens is 1. The normalized spacial score (nSPS) is 18.1. The van der Waals surface area contributed by atoms with Gasteiger partial charge < -0.3 is 10.2 Å². The predicted molar refractivity (Wildman–Crippen MR) is 135 cm³/mol. The number of fused-ring (bicyclic) bond motifs is 1. The lowest BCUT2D eigenvalue weighted by Gasteiger charge is -2.46. The number of hydrogen-bond acceptors (Lipinski definition) is 9. The van der Waals surface area contributed by atoms with Crippen LogP contribution in [0.15, 0.2) is 30.7 Å². The first-order chi connectivity index (χ1) is 17.0. The zero-order valence-electron chi connectivity index (χ0n) is 20.7. The minimum Gasteiger partial charge on any atom is -0.351 e. The average molecular weight is 514 g/mol. The van der Waals surface area contributed by atoms with E-state index in [9.17, 15) is 12.8 Å². The Balaban J connectivity index is 1.44. The van der Waals surface area contributed by atoms with Crippen LogP contribution in [-0.4, -0.2) is 67.5 Å². The van der Waals surface area contributed by atoms with Crippen molar-refractivity contribution < 1.29 is 12.8 Å². The molecule has 2 atom stereocenters. The molecule has 0 saturated carbocycles. The Morgan fingerprint density at radius 3 is 2.64 bits per heavy atom. The van der Waals surface area contributed by atoms with Gasteiger partial charge >= 0.3 is 0 Å². The molecule has 0 unspecified atom stereocenters. The molecule has 0 radical (unpaired) electrons. The summed E-state index contributed by atoms with van der Waals surface area (Å²) in [6.07, 6.45) is 6.11. The number of aromatic nitrogens is 7. The number of anilines is 3. The van der Waals surface area contributed by atoms with Crippen LogP contribution >= 0.6 is 0 Å². The van der Waals surface area contributed by atoms with E-state index in [0.29, 0.717) is 18.2 Å². The van der Waals surface area contributed by atoms with Gasteiger partial charge in [0.25, 0.3) is 0 Å². The monoisotopic (exact) mass is 513 g/mol. The van der Waals surface area contributed by atoms with Crippen molar-refractivity contribution in [3.63, 3.8) is 0 Å². The highest BCUT2D eigenvalue weighted by Crippen LogP contribution is 2.37. The van der Waals surface area contributed by atoms with Crippen molar-refractivity contribution in [2.45, 2.75) is 32.9 Å². The third-order valence-corrected chi connectivity index (χ3v) is 7.43. The van der Waals surface area contributed by atoms with Gasteiger partial charge in [-0.15, -0.1) is 5.10 Å². The van der Waals surface area contributed by atoms with Crippen LogP contribution in [0.2, 0.25) is 0 Å². The molecule has 0 bridgehead atoms. The van der Waals surface area contributed by atoms with E-state index in [2.05, 4.69) is 44.1 Å². The number of rotatable bonds is 7. The standard InChI is InChI=1S/C23H28FN9O2S/c1-13(2)33-18-8-20(27-19-6-7-25-22(28-19)17-11-31(4)29-21(17)24)26-9-16(18)23(30-33)32-10-15(14(32)3)12-36(5,34)35/h6-9,11,13-15H,10,12H2,1-5H3,(H,25,26,27,28)/t14-,15-/m1/s1. The van der Waals surface area contributed by atoms with Gasteiger partial charge in [-0.25, -0.2) is 23.4 Å². The van der Waals surface area contributed by atoms with Crippen LogP contribution in [0, 0.1) is 11.9 Å². The maximum absolute atomic E-state index is 14.1. The molecule has 4 aromatic heterocycles. The molecule has 4 aromatic rings. The minimum atomic E-state index is -3.04. The molecule has 1 saturated heterocycles. The first-order valence-electron chi connectivity index (χ1n) is 11.6. The second-order valence-corrected chi connectivity index (χ2v) is 11.8. The van der Waals surface area contributed by atoms with Gasteiger partial charge in [-0.3, -0.25) is 9.36 Å². The molecule has 1 N–H and O–H groups in total. The summed E-state index contributed by atoms with van der Waals surface area (Å²) in [6.45, 7) is 6.76. The highest BCUT2D eigenvalue weighted by atomic mass is 32.2. The van der Waals surface area contributed by atoms with Crippen LogP contribution in [-0.2, 0) is 16.9 Å². The summed E-state index contributed by atoms with van der Waals surface area (Å²) in [5, 5.41) is 12.6. The van der Waals surface area contributed by atoms with E-state index in [1.165, 1.54) is 17.1 Å². The Bertz CT molecular complexity index is 1550. The van der Waals surface area contributed by atoms with Crippen molar-refractivity contribution in [1.29, 1.82) is 0 Å². The van der Waals surface area contributed by atoms with Gasteiger partial charge in [0.1, 0.15) is 21.5 Å². The van der Waals surface area contributed by atoms with Gasteiger partial charge in [0.05, 0.1) is 22.2 Å². The van der Waals surface area contributed by atoms with Crippen LogP contribution in [0.25, 0.3) is 22.3 Å². The molecule has 0 spiro atoms. The van der Waals surface area contributed by atoms with E-state index < -0.39 is 15.8 Å². The van der Waals surface area contributed by atoms with Gasteiger partial charge in [-0.2, -0.15) is 9.49 Å². The average Bonchev–Trinajstić information content (AvgIpc) is 3.34. The fourth-order valence-corrected chi connectivity index (χ4v) is 5.70. The van der Waals surface area contributed by atoms with Crippen molar-refractivity contribution in [1.82, 2.24) is 34.5 Å². The third kappa shape index (κ3) is 4.50. The molecule has 1 aliphatic rings. The minimum absolute atomic E-state index is 0.0588. The fourth-order valence-electron chi connectivity index (χ4n) is 4.54. The van der Waals surface area contributed by atoms with Gasteiger partial charge in [0.15, 0.2) is 11.6 Å². The van der Waals surface area contributed by atoms with E-state index in [0.717, 1.165) is 16.7 Å². The number of aryl methyl sites for hydroxylation is 1. The van der Waals surface area contributed by atoms with Gasteiger partial charge in [0.2, 0.25) is 5.95 Å². The summed E-state index contributed by atoms with van der Waals surface area (Å²) in [5.41, 5.74) is 1.11. The highest BCUT2D eigenvalue weighted by molar-refractivity contribution is 7.90. The van der Waals surface area contributed by atoms with Crippen LogP contribution in [0.1, 0.15) is 26.8 Å². The first-order valence-corrected chi connectivity index (χ1v) is 13.7. The second kappa shape index (κ2) is 8.80. The van der Waals surface area contributed by atoms with Crippen LogP contribution in [0.3, 0.4) is 0 Å². The largest absolute Gasteiger partial charge is 0.351 e. The third-order valence-electron chi connectivity index (χ3n) is 6.39. The first kappa shape index (κ1) is 24.1. The highest BCUT2D eigenvalue weighted by Gasteiger charge is 2.39. The lowest BCUT2D eigenvalue weighted by Crippen LogP contribution is -2.57. The molecule has 1 fully saturated rings. The summed E-state index contributed by atoms with van der Waals surface area (Å²) < 4.78 is 40.9. The molecule has 1 aliphatic heterocycles. The van der Waals surface area contributed by atoms with Crippen LogP contribution in [0.4, 0.5) is 21.8 Å². The lowest BCUT2D eigenvalue weighted by molar-refractivity contribution is 0.337. The summed E-state index contributed by atoms with van der Waals surface area (Å²) >= 11 is 0. The Kier molecular flexibility index (Phi) is 5.89. The Hall–Kier alpha value is -3.61. The van der Waals surface area contributed by atoms with E-state index in [-0.39, 0.29) is 35.1 Å². The fraction of sp³-hybridized carbons (Fsp3) is 0.435. The van der Waals surface area contributed by atoms with Crippen molar-refractivity contribution in [2.24, 2.45) is 13.0 Å². The maximum Gasteiger partial charge on any atom is 0.243 e. The Morgan fingerprint density at radius 1 is 1.22 bits per heavy atom. The number of nitrogens with zero attached hydrogens (tertiary/aromatic N) is 8. The predicted octanol–water partition coefficient (Wildman–Crippen LogP) is 2.95. The van der Waals surface area contributed by atoms with Crippen molar-refractivity contribution in [3.8, 4) is 11.4 Å². The van der Waals surface area contributed by atoms with Gasteiger partial charge in [0, 0.05) is 62.5 Å². The topological polar surface area (TPSA) is 124 Å². The van der Waals surface area contributed by atoms with Crippen molar-refractivity contribution in [2.75, 3.05) is 28.8 Å². The Morgan fingerprint density at radius 2 is 2.00 bits per heavy atom. The molecule has 190 valence electrons. The molecular formula is C23H28FN9O2S. The summed E-state index contributed by atoms with van der Waals surface area (Å²) in [4.78, 5) is 15.3. The molecule has 5 heterocycles. The van der Waals surface area contributed by atoms with E-state index in [1.807, 2.05) is 17.7 Å². The zero-order valence-corrected chi connectivity index (χ0v) is 21.5. The van der Waals surface area contributed by atoms with Crippen molar-refractivity contribution in [3.05, 3.63) is 36.7 Å². The smallest absolute Gasteiger partial charge is 0.243 e. The van der Waals surface area contributed by atoms with E-state index in [4.69, 9.17) is 5.10 Å². The summed E-state index contributed by atoms with van der Waals surface area (Å²) in [7, 11) is -1.41. The van der Waals surface area contributed by atoms with E-state index in [1.54, 1.807) is 25.5 Å².